The van der Waals surface area contributed by atoms with Gasteiger partial charge in [0.2, 0.25) is 0 Å². The van der Waals surface area contributed by atoms with Crippen LogP contribution < -0.4 is 5.32 Å². The molecule has 5 nitrogen and oxygen atoms in total. The van der Waals surface area contributed by atoms with Crippen LogP contribution in [0.5, 0.6) is 0 Å². The van der Waals surface area contributed by atoms with Gasteiger partial charge in [-0.2, -0.15) is 5.10 Å². The van der Waals surface area contributed by atoms with Gasteiger partial charge in [-0.05, 0) is 35.8 Å². The lowest BCUT2D eigenvalue weighted by Gasteiger charge is -2.06. The average molecular weight is 310 g/mol. The number of nitrogens with zero attached hydrogens (tertiary/aromatic N) is 4. The van der Waals surface area contributed by atoms with Gasteiger partial charge in [-0.1, -0.05) is 0 Å². The summed E-state index contributed by atoms with van der Waals surface area (Å²) < 4.78 is 2.95. The molecular formula is C12H16BrN5. The maximum atomic E-state index is 4.35. The Bertz CT molecular complexity index is 549. The lowest BCUT2D eigenvalue weighted by Crippen LogP contribution is -2.16. The van der Waals surface area contributed by atoms with Crippen molar-refractivity contribution in [1.29, 1.82) is 0 Å². The molecule has 2 rings (SSSR count). The molecule has 2 aromatic heterocycles. The van der Waals surface area contributed by atoms with Crippen LogP contribution >= 0.6 is 15.9 Å². The van der Waals surface area contributed by atoms with E-state index in [1.807, 2.05) is 31.6 Å². The molecule has 0 aliphatic rings. The zero-order chi connectivity index (χ0) is 13.1. The summed E-state index contributed by atoms with van der Waals surface area (Å²) in [6.07, 6.45) is 1.78. The average Bonchev–Trinajstić information content (AvgIpc) is 2.56. The fourth-order valence-corrected chi connectivity index (χ4v) is 2.26. The van der Waals surface area contributed by atoms with Gasteiger partial charge in [0.05, 0.1) is 21.6 Å². The van der Waals surface area contributed by atoms with Crippen molar-refractivity contribution in [3.63, 3.8) is 0 Å². The van der Waals surface area contributed by atoms with Gasteiger partial charge < -0.3 is 5.32 Å². The molecule has 2 aromatic rings. The maximum Gasteiger partial charge on any atom is 0.125 e. The van der Waals surface area contributed by atoms with Crippen molar-refractivity contribution in [3.8, 4) is 0 Å². The molecule has 0 amide bonds. The SMILES string of the molecule is Cc1nccc(CNCc2c(Br)c(C)nn2C)n1. The second kappa shape index (κ2) is 5.58. The van der Waals surface area contributed by atoms with E-state index >= 15 is 0 Å². The Morgan fingerprint density at radius 3 is 2.72 bits per heavy atom. The lowest BCUT2D eigenvalue weighted by atomic mass is 10.3. The highest BCUT2D eigenvalue weighted by Gasteiger charge is 2.09. The molecule has 0 atom stereocenters. The van der Waals surface area contributed by atoms with Gasteiger partial charge in [0.15, 0.2) is 0 Å². The van der Waals surface area contributed by atoms with E-state index in [9.17, 15) is 0 Å². The monoisotopic (exact) mass is 309 g/mol. The summed E-state index contributed by atoms with van der Waals surface area (Å²) in [5, 5.41) is 7.71. The third-order valence-corrected chi connectivity index (χ3v) is 3.73. The van der Waals surface area contributed by atoms with Crippen LogP contribution in [0.1, 0.15) is 22.9 Å². The molecule has 0 fully saturated rings. The van der Waals surface area contributed by atoms with Crippen molar-refractivity contribution in [3.05, 3.63) is 39.6 Å². The summed E-state index contributed by atoms with van der Waals surface area (Å²) in [5.74, 6) is 0.798. The summed E-state index contributed by atoms with van der Waals surface area (Å²) in [6.45, 7) is 5.35. The van der Waals surface area contributed by atoms with E-state index in [0.29, 0.717) is 0 Å². The number of hydrogen-bond acceptors (Lipinski definition) is 4. The van der Waals surface area contributed by atoms with Crippen LogP contribution in [-0.4, -0.2) is 19.7 Å². The van der Waals surface area contributed by atoms with E-state index in [4.69, 9.17) is 0 Å². The van der Waals surface area contributed by atoms with Crippen molar-refractivity contribution in [1.82, 2.24) is 25.1 Å². The first kappa shape index (κ1) is 13.2. The lowest BCUT2D eigenvalue weighted by molar-refractivity contribution is 0.615. The molecule has 0 aliphatic heterocycles. The Morgan fingerprint density at radius 2 is 2.11 bits per heavy atom. The van der Waals surface area contributed by atoms with E-state index in [-0.39, 0.29) is 0 Å². The van der Waals surface area contributed by atoms with Crippen molar-refractivity contribution < 1.29 is 0 Å². The highest BCUT2D eigenvalue weighted by Crippen LogP contribution is 2.19. The molecule has 18 heavy (non-hydrogen) atoms. The van der Waals surface area contributed by atoms with Crippen LogP contribution in [0.15, 0.2) is 16.7 Å². The summed E-state index contributed by atoms with van der Waals surface area (Å²) in [6, 6.07) is 1.92. The molecule has 0 bridgehead atoms. The van der Waals surface area contributed by atoms with Crippen LogP contribution in [0.25, 0.3) is 0 Å². The van der Waals surface area contributed by atoms with Crippen LogP contribution in [-0.2, 0) is 20.1 Å². The van der Waals surface area contributed by atoms with Crippen molar-refractivity contribution >= 4 is 15.9 Å². The molecule has 6 heteroatoms. The second-order valence-corrected chi connectivity index (χ2v) is 4.96. The summed E-state index contributed by atoms with van der Waals surface area (Å²) in [7, 11) is 1.95. The van der Waals surface area contributed by atoms with Gasteiger partial charge in [-0.3, -0.25) is 4.68 Å². The van der Waals surface area contributed by atoms with Gasteiger partial charge in [0.25, 0.3) is 0 Å². The Kier molecular flexibility index (Phi) is 4.08. The molecule has 2 heterocycles. The Balaban J connectivity index is 1.96. The van der Waals surface area contributed by atoms with Gasteiger partial charge in [-0.25, -0.2) is 9.97 Å². The zero-order valence-electron chi connectivity index (χ0n) is 10.7. The maximum absolute atomic E-state index is 4.35. The predicted molar refractivity (Wildman–Crippen MR) is 73.0 cm³/mol. The van der Waals surface area contributed by atoms with E-state index < -0.39 is 0 Å². The second-order valence-electron chi connectivity index (χ2n) is 4.17. The predicted octanol–water partition coefficient (Wildman–Crippen LogP) is 1.88. The van der Waals surface area contributed by atoms with Gasteiger partial charge in [0.1, 0.15) is 5.82 Å². The highest BCUT2D eigenvalue weighted by atomic mass is 79.9. The fourth-order valence-electron chi connectivity index (χ4n) is 1.78. The van der Waals surface area contributed by atoms with Gasteiger partial charge in [0, 0.05) is 26.3 Å². The topological polar surface area (TPSA) is 55.6 Å². The molecule has 0 unspecified atom stereocenters. The summed E-state index contributed by atoms with van der Waals surface area (Å²) in [4.78, 5) is 8.42. The van der Waals surface area contributed by atoms with Crippen molar-refractivity contribution in [2.75, 3.05) is 0 Å². The van der Waals surface area contributed by atoms with Crippen LogP contribution in [0.3, 0.4) is 0 Å². The van der Waals surface area contributed by atoms with Crippen LogP contribution in [0.4, 0.5) is 0 Å². The highest BCUT2D eigenvalue weighted by molar-refractivity contribution is 9.10. The minimum atomic E-state index is 0.722. The molecule has 0 spiro atoms. The first-order chi connectivity index (χ1) is 8.58. The van der Waals surface area contributed by atoms with E-state index in [1.165, 1.54) is 0 Å². The molecule has 0 aliphatic carbocycles. The van der Waals surface area contributed by atoms with E-state index in [0.717, 1.165) is 40.5 Å². The third-order valence-electron chi connectivity index (χ3n) is 2.69. The van der Waals surface area contributed by atoms with E-state index in [1.54, 1.807) is 6.20 Å². The number of halogens is 1. The minimum absolute atomic E-state index is 0.722. The van der Waals surface area contributed by atoms with Crippen LogP contribution in [0, 0.1) is 13.8 Å². The zero-order valence-corrected chi connectivity index (χ0v) is 12.3. The number of aryl methyl sites for hydroxylation is 3. The van der Waals surface area contributed by atoms with Crippen molar-refractivity contribution in [2.24, 2.45) is 7.05 Å². The normalized spacial score (nSPS) is 10.9. The number of aromatic nitrogens is 4. The molecule has 0 radical (unpaired) electrons. The van der Waals surface area contributed by atoms with Gasteiger partial charge in [-0.15, -0.1) is 0 Å². The molecule has 0 aromatic carbocycles. The first-order valence-electron chi connectivity index (χ1n) is 5.75. The fraction of sp³-hybridized carbons (Fsp3) is 0.417. The standard InChI is InChI=1S/C12H16BrN5/c1-8-12(13)11(18(3)17-8)7-14-6-10-4-5-15-9(2)16-10/h4-5,14H,6-7H2,1-3H3. The Hall–Kier alpha value is -1.27. The van der Waals surface area contributed by atoms with Gasteiger partial charge >= 0.3 is 0 Å². The molecule has 0 saturated heterocycles. The number of rotatable bonds is 4. The Morgan fingerprint density at radius 1 is 1.33 bits per heavy atom. The van der Waals surface area contributed by atoms with E-state index in [2.05, 4.69) is 36.3 Å². The minimum Gasteiger partial charge on any atom is -0.305 e. The third kappa shape index (κ3) is 2.94. The molecular weight excluding hydrogens is 294 g/mol. The largest absolute Gasteiger partial charge is 0.305 e. The number of nitrogens with one attached hydrogen (secondary N) is 1. The first-order valence-corrected chi connectivity index (χ1v) is 6.54. The number of hydrogen-bond donors (Lipinski definition) is 1. The molecule has 96 valence electrons. The summed E-state index contributed by atoms with van der Waals surface area (Å²) in [5.41, 5.74) is 3.14. The summed E-state index contributed by atoms with van der Waals surface area (Å²) >= 11 is 3.55. The Labute approximate surface area is 115 Å². The molecule has 1 N–H and O–H groups in total. The smallest absolute Gasteiger partial charge is 0.125 e. The molecule has 0 saturated carbocycles. The quantitative estimate of drug-likeness (QED) is 0.937. The van der Waals surface area contributed by atoms with Crippen molar-refractivity contribution in [2.45, 2.75) is 26.9 Å². The van der Waals surface area contributed by atoms with Crippen LogP contribution in [0.2, 0.25) is 0 Å².